The molecule has 2 saturated heterocycles. The van der Waals surface area contributed by atoms with Crippen molar-refractivity contribution in [2.24, 2.45) is 0 Å². The zero-order valence-electron chi connectivity index (χ0n) is 21.2. The second-order valence-electron chi connectivity index (χ2n) is 9.46. The van der Waals surface area contributed by atoms with Gasteiger partial charge in [-0.1, -0.05) is 18.5 Å². The molecule has 0 radical (unpaired) electrons. The van der Waals surface area contributed by atoms with Crippen molar-refractivity contribution in [2.45, 2.75) is 25.8 Å². The third-order valence-corrected chi connectivity index (χ3v) is 7.19. The van der Waals surface area contributed by atoms with Gasteiger partial charge in [-0.05, 0) is 49.7 Å². The Morgan fingerprint density at radius 1 is 1.16 bits per heavy atom. The minimum absolute atomic E-state index is 0.0548. The van der Waals surface area contributed by atoms with Gasteiger partial charge in [0, 0.05) is 49.8 Å². The van der Waals surface area contributed by atoms with Crippen molar-refractivity contribution in [3.63, 3.8) is 0 Å². The summed E-state index contributed by atoms with van der Waals surface area (Å²) in [6, 6.07) is 9.09. The molecule has 10 heteroatoms. The molecule has 198 valence electrons. The largest absolute Gasteiger partial charge is 0.491 e. The van der Waals surface area contributed by atoms with Gasteiger partial charge in [0.15, 0.2) is 0 Å². The SMILES string of the molecule is CCNC1CCN(c2cc3ncnc(Nc4ccc(F)c(Cl)c4)c3cc2OCCCN2CCOCC2)C1. The van der Waals surface area contributed by atoms with Gasteiger partial charge < -0.3 is 25.0 Å². The molecular formula is C27H34ClFN6O2. The van der Waals surface area contributed by atoms with Gasteiger partial charge in [-0.15, -0.1) is 0 Å². The lowest BCUT2D eigenvalue weighted by molar-refractivity contribution is 0.0358. The smallest absolute Gasteiger partial charge is 0.143 e. The summed E-state index contributed by atoms with van der Waals surface area (Å²) >= 11 is 5.99. The Balaban J connectivity index is 1.40. The first-order valence-electron chi connectivity index (χ1n) is 13.0. The topological polar surface area (TPSA) is 74.8 Å². The molecule has 5 rings (SSSR count). The number of halogens is 2. The summed E-state index contributed by atoms with van der Waals surface area (Å²) in [6.07, 6.45) is 3.56. The van der Waals surface area contributed by atoms with Crippen molar-refractivity contribution in [1.29, 1.82) is 0 Å². The highest BCUT2D eigenvalue weighted by atomic mass is 35.5. The third kappa shape index (κ3) is 6.41. The Morgan fingerprint density at radius 2 is 2.03 bits per heavy atom. The van der Waals surface area contributed by atoms with Gasteiger partial charge in [-0.2, -0.15) is 0 Å². The van der Waals surface area contributed by atoms with Crippen LogP contribution in [0.25, 0.3) is 10.9 Å². The van der Waals surface area contributed by atoms with Gasteiger partial charge in [0.25, 0.3) is 0 Å². The quantitative estimate of drug-likeness (QED) is 0.374. The van der Waals surface area contributed by atoms with E-state index in [1.165, 1.54) is 12.4 Å². The van der Waals surface area contributed by atoms with Gasteiger partial charge in [-0.3, -0.25) is 4.90 Å². The van der Waals surface area contributed by atoms with Crippen LogP contribution in [0.5, 0.6) is 5.75 Å². The minimum atomic E-state index is -0.460. The van der Waals surface area contributed by atoms with Gasteiger partial charge in [0.05, 0.1) is 36.0 Å². The molecule has 3 aromatic rings. The number of benzene rings is 2. The number of aromatic nitrogens is 2. The van der Waals surface area contributed by atoms with Crippen LogP contribution in [0.2, 0.25) is 5.02 Å². The van der Waals surface area contributed by atoms with Gasteiger partial charge >= 0.3 is 0 Å². The van der Waals surface area contributed by atoms with E-state index in [0.717, 1.165) is 87.7 Å². The van der Waals surface area contributed by atoms with E-state index in [4.69, 9.17) is 21.1 Å². The first kappa shape index (κ1) is 25.9. The van der Waals surface area contributed by atoms with Crippen LogP contribution in [0.15, 0.2) is 36.7 Å². The predicted molar refractivity (Wildman–Crippen MR) is 146 cm³/mol. The van der Waals surface area contributed by atoms with Crippen LogP contribution in [-0.2, 0) is 4.74 Å². The fourth-order valence-electron chi connectivity index (χ4n) is 4.97. The van der Waals surface area contributed by atoms with Crippen molar-refractivity contribution in [3.8, 4) is 5.75 Å². The number of hydrogen-bond acceptors (Lipinski definition) is 8. The highest BCUT2D eigenvalue weighted by Crippen LogP contribution is 2.37. The number of morpholine rings is 1. The van der Waals surface area contributed by atoms with E-state index >= 15 is 0 Å². The molecule has 0 saturated carbocycles. The molecule has 2 aromatic carbocycles. The van der Waals surface area contributed by atoms with Crippen LogP contribution in [0.1, 0.15) is 19.8 Å². The molecule has 2 aliphatic rings. The van der Waals surface area contributed by atoms with E-state index in [1.807, 2.05) is 6.07 Å². The van der Waals surface area contributed by atoms with Crippen LogP contribution in [0, 0.1) is 5.82 Å². The second kappa shape index (κ2) is 12.2. The van der Waals surface area contributed by atoms with Crippen LogP contribution in [0.3, 0.4) is 0 Å². The van der Waals surface area contributed by atoms with Crippen molar-refractivity contribution >= 4 is 39.7 Å². The summed E-state index contributed by atoms with van der Waals surface area (Å²) in [6.45, 7) is 10.1. The normalized spacial score (nSPS) is 18.5. The molecule has 1 unspecified atom stereocenters. The van der Waals surface area contributed by atoms with Crippen LogP contribution >= 0.6 is 11.6 Å². The van der Waals surface area contributed by atoms with E-state index in [1.54, 1.807) is 12.1 Å². The van der Waals surface area contributed by atoms with E-state index in [2.05, 4.69) is 43.4 Å². The standard InChI is InChI=1S/C27H34ClFN6O2/c1-2-30-20-6-8-35(17-20)25-16-24-21(15-26(25)37-11-3-7-34-9-12-36-13-10-34)27(32-18-31-24)33-19-4-5-23(29)22(28)14-19/h4-5,14-16,18,20,30H,2-3,6-13,17H2,1H3,(H,31,32,33). The highest BCUT2D eigenvalue weighted by molar-refractivity contribution is 6.31. The van der Waals surface area contributed by atoms with Gasteiger partial charge in [-0.25, -0.2) is 14.4 Å². The van der Waals surface area contributed by atoms with Crippen LogP contribution in [0.4, 0.5) is 21.6 Å². The number of nitrogens with one attached hydrogen (secondary N) is 2. The van der Waals surface area contributed by atoms with E-state index in [0.29, 0.717) is 24.2 Å². The Bertz CT molecular complexity index is 1210. The molecule has 2 N–H and O–H groups in total. The van der Waals surface area contributed by atoms with Crippen molar-refractivity contribution in [1.82, 2.24) is 20.2 Å². The molecule has 2 fully saturated rings. The maximum absolute atomic E-state index is 13.7. The average Bonchev–Trinajstić information content (AvgIpc) is 3.38. The molecule has 37 heavy (non-hydrogen) atoms. The lowest BCUT2D eigenvalue weighted by Gasteiger charge is -2.27. The summed E-state index contributed by atoms with van der Waals surface area (Å²) in [7, 11) is 0. The molecule has 0 amide bonds. The first-order valence-corrected chi connectivity index (χ1v) is 13.4. The molecule has 0 spiro atoms. The number of ether oxygens (including phenoxy) is 2. The van der Waals surface area contributed by atoms with Crippen molar-refractivity contribution in [3.05, 3.63) is 47.5 Å². The fraction of sp³-hybridized carbons (Fsp3) is 0.481. The van der Waals surface area contributed by atoms with E-state index in [-0.39, 0.29) is 5.02 Å². The number of likely N-dealkylation sites (N-methyl/N-ethyl adjacent to an activating group) is 1. The first-order chi connectivity index (χ1) is 18.1. The summed E-state index contributed by atoms with van der Waals surface area (Å²) in [5.41, 5.74) is 2.51. The van der Waals surface area contributed by atoms with Crippen LogP contribution in [-0.4, -0.2) is 80.0 Å². The van der Waals surface area contributed by atoms with Crippen LogP contribution < -0.4 is 20.3 Å². The molecule has 0 aliphatic carbocycles. The van der Waals surface area contributed by atoms with Gasteiger partial charge in [0.2, 0.25) is 0 Å². The van der Waals surface area contributed by atoms with Crippen molar-refractivity contribution in [2.75, 3.05) is 69.3 Å². The lowest BCUT2D eigenvalue weighted by atomic mass is 10.1. The van der Waals surface area contributed by atoms with Gasteiger partial charge in [0.1, 0.15) is 23.7 Å². The number of nitrogens with zero attached hydrogens (tertiary/aromatic N) is 4. The Hall–Kier alpha value is -2.72. The summed E-state index contributed by atoms with van der Waals surface area (Å²) < 4.78 is 25.5. The molecule has 1 aromatic heterocycles. The Kier molecular flexibility index (Phi) is 8.55. The fourth-order valence-corrected chi connectivity index (χ4v) is 5.16. The third-order valence-electron chi connectivity index (χ3n) is 6.90. The Morgan fingerprint density at radius 3 is 2.84 bits per heavy atom. The predicted octanol–water partition coefficient (Wildman–Crippen LogP) is 4.46. The zero-order chi connectivity index (χ0) is 25.6. The molecule has 0 bridgehead atoms. The molecule has 3 heterocycles. The maximum Gasteiger partial charge on any atom is 0.143 e. The zero-order valence-corrected chi connectivity index (χ0v) is 21.9. The van der Waals surface area contributed by atoms with E-state index < -0.39 is 5.82 Å². The second-order valence-corrected chi connectivity index (χ2v) is 9.87. The number of fused-ring (bicyclic) bond motifs is 1. The molecule has 8 nitrogen and oxygen atoms in total. The summed E-state index contributed by atoms with van der Waals surface area (Å²) in [5, 5.41) is 7.71. The summed E-state index contributed by atoms with van der Waals surface area (Å²) in [5.74, 6) is 0.976. The molecule has 2 aliphatic heterocycles. The Labute approximate surface area is 222 Å². The number of rotatable bonds is 10. The average molecular weight is 529 g/mol. The molecular weight excluding hydrogens is 495 g/mol. The van der Waals surface area contributed by atoms with E-state index in [9.17, 15) is 4.39 Å². The highest BCUT2D eigenvalue weighted by Gasteiger charge is 2.25. The van der Waals surface area contributed by atoms with Crippen molar-refractivity contribution < 1.29 is 13.9 Å². The summed E-state index contributed by atoms with van der Waals surface area (Å²) in [4.78, 5) is 13.8. The number of anilines is 3. The monoisotopic (exact) mass is 528 g/mol. The maximum atomic E-state index is 13.7. The minimum Gasteiger partial charge on any atom is -0.491 e. The number of hydrogen-bond donors (Lipinski definition) is 2. The molecule has 1 atom stereocenters. The lowest BCUT2D eigenvalue weighted by Crippen LogP contribution is -2.37.